The molecule has 2 nitrogen and oxygen atoms in total. The molecule has 1 N–H and O–H groups in total. The maximum absolute atomic E-state index is 12.0. The average molecular weight is 208 g/mol. The van der Waals surface area contributed by atoms with Gasteiger partial charge in [0.2, 0.25) is 0 Å². The van der Waals surface area contributed by atoms with Crippen LogP contribution in [-0.4, -0.2) is 17.5 Å². The summed E-state index contributed by atoms with van der Waals surface area (Å²) in [7, 11) is 0. The van der Waals surface area contributed by atoms with Crippen molar-refractivity contribution in [1.82, 2.24) is 0 Å². The van der Waals surface area contributed by atoms with Crippen LogP contribution in [0.5, 0.6) is 0 Å². The standard InChI is InChI=1S/C13H20O2/c1-9(15)13-5-2-3-11(13)12(8-14)6-4-10(13)7-12/h10-11,14H,2-8H2,1H3. The van der Waals surface area contributed by atoms with Gasteiger partial charge in [-0.25, -0.2) is 0 Å². The highest BCUT2D eigenvalue weighted by molar-refractivity contribution is 5.84. The normalized spacial score (nSPS) is 52.1. The first kappa shape index (κ1) is 9.83. The molecule has 0 aromatic heterocycles. The number of aliphatic hydroxyl groups excluding tert-OH is 1. The number of carbonyl (C=O) groups is 1. The minimum atomic E-state index is -0.0129. The highest BCUT2D eigenvalue weighted by Crippen LogP contribution is 2.71. The molecule has 4 atom stereocenters. The third kappa shape index (κ3) is 0.926. The van der Waals surface area contributed by atoms with Crippen molar-refractivity contribution in [3.63, 3.8) is 0 Å². The molecular weight excluding hydrogens is 188 g/mol. The minimum Gasteiger partial charge on any atom is -0.396 e. The Labute approximate surface area is 91.1 Å². The lowest BCUT2D eigenvalue weighted by atomic mass is 9.62. The molecule has 4 unspecified atom stereocenters. The van der Waals surface area contributed by atoms with E-state index in [0.717, 1.165) is 19.3 Å². The van der Waals surface area contributed by atoms with Gasteiger partial charge in [-0.3, -0.25) is 4.79 Å². The van der Waals surface area contributed by atoms with E-state index in [4.69, 9.17) is 0 Å². The number of ketones is 1. The van der Waals surface area contributed by atoms with Gasteiger partial charge in [-0.1, -0.05) is 6.42 Å². The van der Waals surface area contributed by atoms with E-state index in [1.807, 2.05) is 0 Å². The van der Waals surface area contributed by atoms with E-state index in [9.17, 15) is 9.90 Å². The summed E-state index contributed by atoms with van der Waals surface area (Å²) in [5, 5.41) is 9.68. The van der Waals surface area contributed by atoms with Crippen molar-refractivity contribution in [3.05, 3.63) is 0 Å². The molecule has 0 radical (unpaired) electrons. The Morgan fingerprint density at radius 2 is 2.20 bits per heavy atom. The zero-order valence-corrected chi connectivity index (χ0v) is 9.46. The molecule has 2 heteroatoms. The van der Waals surface area contributed by atoms with E-state index in [1.54, 1.807) is 6.92 Å². The van der Waals surface area contributed by atoms with Crippen LogP contribution in [-0.2, 0) is 4.79 Å². The summed E-state index contributed by atoms with van der Waals surface area (Å²) in [5.41, 5.74) is 0.119. The van der Waals surface area contributed by atoms with Crippen molar-refractivity contribution in [2.75, 3.05) is 6.61 Å². The molecule has 3 aliphatic rings. The van der Waals surface area contributed by atoms with Crippen LogP contribution in [0.15, 0.2) is 0 Å². The fourth-order valence-corrected chi connectivity index (χ4v) is 5.25. The van der Waals surface area contributed by atoms with Gasteiger partial charge < -0.3 is 5.11 Å². The second-order valence-corrected chi connectivity index (χ2v) is 6.00. The topological polar surface area (TPSA) is 37.3 Å². The smallest absolute Gasteiger partial charge is 0.136 e. The number of fused-ring (bicyclic) bond motifs is 5. The van der Waals surface area contributed by atoms with Crippen LogP contribution < -0.4 is 0 Å². The Balaban J connectivity index is 2.06. The van der Waals surface area contributed by atoms with Crippen LogP contribution in [0.2, 0.25) is 0 Å². The molecule has 0 saturated heterocycles. The number of hydrogen-bond donors (Lipinski definition) is 1. The number of hydrogen-bond acceptors (Lipinski definition) is 2. The summed E-state index contributed by atoms with van der Waals surface area (Å²) in [5.74, 6) is 1.51. The minimum absolute atomic E-state index is 0.0129. The molecule has 0 aromatic carbocycles. The molecule has 3 fully saturated rings. The third-order valence-electron chi connectivity index (χ3n) is 5.79. The third-order valence-corrected chi connectivity index (χ3v) is 5.79. The zero-order valence-electron chi connectivity index (χ0n) is 9.46. The Morgan fingerprint density at radius 3 is 2.87 bits per heavy atom. The van der Waals surface area contributed by atoms with Crippen LogP contribution in [0.25, 0.3) is 0 Å². The van der Waals surface area contributed by atoms with Crippen LogP contribution in [0.1, 0.15) is 45.4 Å². The summed E-state index contributed by atoms with van der Waals surface area (Å²) in [4.78, 5) is 12.0. The summed E-state index contributed by atoms with van der Waals surface area (Å²) in [6.45, 7) is 2.09. The maximum Gasteiger partial charge on any atom is 0.136 e. The van der Waals surface area contributed by atoms with Gasteiger partial charge in [-0.2, -0.15) is 0 Å². The maximum atomic E-state index is 12.0. The van der Waals surface area contributed by atoms with Gasteiger partial charge >= 0.3 is 0 Å². The fraction of sp³-hybridized carbons (Fsp3) is 0.923. The second kappa shape index (κ2) is 2.85. The molecule has 84 valence electrons. The van der Waals surface area contributed by atoms with Crippen LogP contribution >= 0.6 is 0 Å². The quantitative estimate of drug-likeness (QED) is 0.755. The molecule has 2 bridgehead atoms. The number of Topliss-reactive ketones (excluding diaryl/α,β-unsaturated/α-hetero) is 1. The van der Waals surface area contributed by atoms with Crippen molar-refractivity contribution < 1.29 is 9.90 Å². The van der Waals surface area contributed by atoms with Gasteiger partial charge in [-0.15, -0.1) is 0 Å². The van der Waals surface area contributed by atoms with E-state index in [0.29, 0.717) is 24.2 Å². The molecule has 3 saturated carbocycles. The Bertz CT molecular complexity index is 312. The van der Waals surface area contributed by atoms with Gasteiger partial charge in [0.05, 0.1) is 0 Å². The van der Waals surface area contributed by atoms with Crippen molar-refractivity contribution >= 4 is 5.78 Å². The molecule has 3 aliphatic carbocycles. The first-order valence-corrected chi connectivity index (χ1v) is 6.28. The van der Waals surface area contributed by atoms with Crippen molar-refractivity contribution in [3.8, 4) is 0 Å². The average Bonchev–Trinajstić information content (AvgIpc) is 2.88. The summed E-state index contributed by atoms with van der Waals surface area (Å²) in [6.07, 6.45) is 6.93. The van der Waals surface area contributed by atoms with Crippen molar-refractivity contribution in [1.29, 1.82) is 0 Å². The van der Waals surface area contributed by atoms with Gasteiger partial charge in [0.25, 0.3) is 0 Å². The molecular formula is C13H20O2. The van der Waals surface area contributed by atoms with Gasteiger partial charge in [0.15, 0.2) is 0 Å². The van der Waals surface area contributed by atoms with Crippen molar-refractivity contribution in [2.45, 2.75) is 45.4 Å². The first-order chi connectivity index (χ1) is 7.16. The van der Waals surface area contributed by atoms with E-state index in [-0.39, 0.29) is 10.8 Å². The van der Waals surface area contributed by atoms with Gasteiger partial charge in [0, 0.05) is 12.0 Å². The lowest BCUT2D eigenvalue weighted by molar-refractivity contribution is -0.133. The summed E-state index contributed by atoms with van der Waals surface area (Å²) in [6, 6.07) is 0. The lowest BCUT2D eigenvalue weighted by Gasteiger charge is -2.41. The molecule has 0 amide bonds. The Hall–Kier alpha value is -0.370. The van der Waals surface area contributed by atoms with Crippen molar-refractivity contribution in [2.24, 2.45) is 22.7 Å². The fourth-order valence-electron chi connectivity index (χ4n) is 5.25. The monoisotopic (exact) mass is 208 g/mol. The van der Waals surface area contributed by atoms with Gasteiger partial charge in [0.1, 0.15) is 5.78 Å². The summed E-state index contributed by atoms with van der Waals surface area (Å²) < 4.78 is 0. The predicted molar refractivity (Wildman–Crippen MR) is 57.3 cm³/mol. The number of aliphatic hydroxyl groups is 1. The molecule has 15 heavy (non-hydrogen) atoms. The largest absolute Gasteiger partial charge is 0.396 e. The molecule has 3 rings (SSSR count). The second-order valence-electron chi connectivity index (χ2n) is 6.00. The van der Waals surface area contributed by atoms with E-state index >= 15 is 0 Å². The number of carbonyl (C=O) groups excluding carboxylic acids is 1. The molecule has 0 aliphatic heterocycles. The van der Waals surface area contributed by atoms with Crippen LogP contribution in [0.3, 0.4) is 0 Å². The summed E-state index contributed by atoms with van der Waals surface area (Å²) >= 11 is 0. The van der Waals surface area contributed by atoms with Crippen LogP contribution in [0.4, 0.5) is 0 Å². The SMILES string of the molecule is CC(=O)C12CCCC1C1(CO)CCC2C1. The molecule has 0 heterocycles. The van der Waals surface area contributed by atoms with E-state index < -0.39 is 0 Å². The first-order valence-electron chi connectivity index (χ1n) is 6.28. The van der Waals surface area contributed by atoms with Crippen LogP contribution in [0, 0.1) is 22.7 Å². The Kier molecular flexibility index (Phi) is 1.87. The zero-order chi connectivity index (χ0) is 10.7. The molecule has 0 spiro atoms. The van der Waals surface area contributed by atoms with Gasteiger partial charge in [-0.05, 0) is 56.3 Å². The molecule has 0 aromatic rings. The highest BCUT2D eigenvalue weighted by atomic mass is 16.3. The number of rotatable bonds is 2. The highest BCUT2D eigenvalue weighted by Gasteiger charge is 2.68. The van der Waals surface area contributed by atoms with E-state index in [1.165, 1.54) is 19.3 Å². The Morgan fingerprint density at radius 1 is 1.40 bits per heavy atom. The predicted octanol–water partition coefficient (Wildman–Crippen LogP) is 2.15. The van der Waals surface area contributed by atoms with E-state index in [2.05, 4.69) is 0 Å². The lowest BCUT2D eigenvalue weighted by Crippen LogP contribution is -2.42.